The molecule has 0 spiro atoms. The molecule has 0 aliphatic carbocycles. The van der Waals surface area contributed by atoms with E-state index in [0.29, 0.717) is 16.8 Å². The van der Waals surface area contributed by atoms with E-state index < -0.39 is 0 Å². The van der Waals surface area contributed by atoms with Crippen LogP contribution >= 0.6 is 0 Å². The summed E-state index contributed by atoms with van der Waals surface area (Å²) in [4.78, 5) is 32.6. The van der Waals surface area contributed by atoms with E-state index in [1.807, 2.05) is 51.1 Å². The van der Waals surface area contributed by atoms with Gasteiger partial charge in [0.1, 0.15) is 5.82 Å². The lowest BCUT2D eigenvalue weighted by Crippen LogP contribution is -2.30. The number of nitrogens with one attached hydrogen (secondary N) is 2. The molecule has 6 nitrogen and oxygen atoms in total. The van der Waals surface area contributed by atoms with Gasteiger partial charge < -0.3 is 15.5 Å². The smallest absolute Gasteiger partial charge is 0.259 e. The van der Waals surface area contributed by atoms with Crippen LogP contribution in [-0.4, -0.2) is 35.9 Å². The summed E-state index contributed by atoms with van der Waals surface area (Å²) in [5.74, 6) is 0.424. The van der Waals surface area contributed by atoms with Crippen LogP contribution in [0.15, 0.2) is 48.5 Å². The van der Waals surface area contributed by atoms with Gasteiger partial charge in [0.2, 0.25) is 0 Å². The number of benzene rings is 2. The molecule has 2 amide bonds. The fourth-order valence-electron chi connectivity index (χ4n) is 3.92. The molecule has 0 atom stereocenters. The molecule has 1 aliphatic rings. The van der Waals surface area contributed by atoms with E-state index in [1.54, 1.807) is 18.2 Å². The van der Waals surface area contributed by atoms with Gasteiger partial charge >= 0.3 is 0 Å². The molecule has 0 saturated carbocycles. The normalized spacial score (nSPS) is 13.6. The van der Waals surface area contributed by atoms with Gasteiger partial charge in [0.25, 0.3) is 11.8 Å². The Morgan fingerprint density at radius 2 is 1.74 bits per heavy atom. The van der Waals surface area contributed by atoms with Crippen LogP contribution in [0.25, 0.3) is 10.9 Å². The summed E-state index contributed by atoms with van der Waals surface area (Å²) in [7, 11) is 0. The third kappa shape index (κ3) is 4.53. The van der Waals surface area contributed by atoms with Crippen molar-refractivity contribution in [2.75, 3.05) is 23.3 Å². The molecule has 0 radical (unpaired) electrons. The summed E-state index contributed by atoms with van der Waals surface area (Å²) < 4.78 is 0. The third-order valence-corrected chi connectivity index (χ3v) is 5.51. The Morgan fingerprint density at radius 3 is 2.45 bits per heavy atom. The molecule has 1 saturated heterocycles. The molecular weight excluding hydrogens is 388 g/mol. The van der Waals surface area contributed by atoms with Gasteiger partial charge in [-0.3, -0.25) is 9.59 Å². The second-order valence-electron chi connectivity index (χ2n) is 8.36. The highest BCUT2D eigenvalue weighted by Crippen LogP contribution is 2.28. The van der Waals surface area contributed by atoms with Crippen molar-refractivity contribution in [3.8, 4) is 0 Å². The molecule has 1 aliphatic heterocycles. The van der Waals surface area contributed by atoms with Gasteiger partial charge in [-0.15, -0.1) is 0 Å². The molecule has 2 aromatic carbocycles. The zero-order valence-corrected chi connectivity index (χ0v) is 18.2. The fraction of sp³-hybridized carbons (Fsp3) is 0.320. The van der Waals surface area contributed by atoms with Gasteiger partial charge in [-0.25, -0.2) is 4.98 Å². The standard InChI is InChI=1S/C25H28N4O2/c1-16(2)26-24(30)19-10-11-21(17(3)14-19)28-25(31)20-15-18-8-4-5-9-22(18)27-23(20)29-12-6-7-13-29/h4-5,8-11,14-16H,6-7,12-13H2,1-3H3,(H,26,30)(H,28,31). The molecule has 3 aromatic rings. The second-order valence-corrected chi connectivity index (χ2v) is 8.36. The topological polar surface area (TPSA) is 74.3 Å². The monoisotopic (exact) mass is 416 g/mol. The van der Waals surface area contributed by atoms with E-state index in [-0.39, 0.29) is 17.9 Å². The molecular formula is C25H28N4O2. The third-order valence-electron chi connectivity index (χ3n) is 5.51. The van der Waals surface area contributed by atoms with Crippen molar-refractivity contribution in [3.05, 3.63) is 65.2 Å². The first-order valence-electron chi connectivity index (χ1n) is 10.8. The number of amides is 2. The molecule has 2 N–H and O–H groups in total. The molecule has 1 aromatic heterocycles. The van der Waals surface area contributed by atoms with Crippen molar-refractivity contribution in [2.45, 2.75) is 39.7 Å². The summed E-state index contributed by atoms with van der Waals surface area (Å²) in [5, 5.41) is 6.85. The molecule has 2 heterocycles. The van der Waals surface area contributed by atoms with Gasteiger partial charge in [0, 0.05) is 35.8 Å². The largest absolute Gasteiger partial charge is 0.356 e. The summed E-state index contributed by atoms with van der Waals surface area (Å²) in [6, 6.07) is 15.2. The highest BCUT2D eigenvalue weighted by molar-refractivity contribution is 6.10. The van der Waals surface area contributed by atoms with Crippen molar-refractivity contribution in [1.29, 1.82) is 0 Å². The molecule has 4 rings (SSSR count). The lowest BCUT2D eigenvalue weighted by atomic mass is 10.1. The van der Waals surface area contributed by atoms with Crippen LogP contribution in [0.2, 0.25) is 0 Å². The van der Waals surface area contributed by atoms with Crippen molar-refractivity contribution < 1.29 is 9.59 Å². The number of para-hydroxylation sites is 1. The van der Waals surface area contributed by atoms with E-state index in [1.165, 1.54) is 0 Å². The Morgan fingerprint density at radius 1 is 1.00 bits per heavy atom. The fourth-order valence-corrected chi connectivity index (χ4v) is 3.92. The van der Waals surface area contributed by atoms with Gasteiger partial charge in [0.05, 0.1) is 11.1 Å². The average molecular weight is 417 g/mol. The predicted octanol–water partition coefficient (Wildman–Crippen LogP) is 4.53. The molecule has 31 heavy (non-hydrogen) atoms. The van der Waals surface area contributed by atoms with Gasteiger partial charge in [-0.2, -0.15) is 0 Å². The zero-order chi connectivity index (χ0) is 22.0. The number of aromatic nitrogens is 1. The highest BCUT2D eigenvalue weighted by Gasteiger charge is 2.22. The van der Waals surface area contributed by atoms with Crippen molar-refractivity contribution in [2.24, 2.45) is 0 Å². The van der Waals surface area contributed by atoms with Gasteiger partial charge in [-0.1, -0.05) is 18.2 Å². The number of carbonyl (C=O) groups is 2. The minimum Gasteiger partial charge on any atom is -0.356 e. The number of fused-ring (bicyclic) bond motifs is 1. The maximum Gasteiger partial charge on any atom is 0.259 e. The number of rotatable bonds is 5. The number of hydrogen-bond donors (Lipinski definition) is 2. The van der Waals surface area contributed by atoms with Crippen LogP contribution < -0.4 is 15.5 Å². The predicted molar refractivity (Wildman–Crippen MR) is 125 cm³/mol. The Bertz CT molecular complexity index is 1130. The molecule has 160 valence electrons. The van der Waals surface area contributed by atoms with Crippen molar-refractivity contribution in [1.82, 2.24) is 10.3 Å². The van der Waals surface area contributed by atoms with E-state index >= 15 is 0 Å². The first kappa shape index (κ1) is 20.8. The molecule has 1 fully saturated rings. The number of anilines is 2. The number of pyridine rings is 1. The van der Waals surface area contributed by atoms with E-state index in [9.17, 15) is 9.59 Å². The van der Waals surface area contributed by atoms with Crippen molar-refractivity contribution in [3.63, 3.8) is 0 Å². The Labute approximate surface area is 182 Å². The minimum absolute atomic E-state index is 0.0663. The maximum absolute atomic E-state index is 13.3. The zero-order valence-electron chi connectivity index (χ0n) is 18.2. The lowest BCUT2D eigenvalue weighted by Gasteiger charge is -2.21. The minimum atomic E-state index is -0.192. The summed E-state index contributed by atoms with van der Waals surface area (Å²) in [5.41, 5.74) is 3.56. The molecule has 0 unspecified atom stereocenters. The summed E-state index contributed by atoms with van der Waals surface area (Å²) >= 11 is 0. The van der Waals surface area contributed by atoms with Crippen LogP contribution in [0.3, 0.4) is 0 Å². The summed E-state index contributed by atoms with van der Waals surface area (Å²) in [6.07, 6.45) is 2.21. The first-order chi connectivity index (χ1) is 14.9. The Hall–Kier alpha value is -3.41. The number of aryl methyl sites for hydroxylation is 1. The number of hydrogen-bond acceptors (Lipinski definition) is 4. The molecule has 6 heteroatoms. The quantitative estimate of drug-likeness (QED) is 0.641. The van der Waals surface area contributed by atoms with E-state index in [2.05, 4.69) is 15.5 Å². The lowest BCUT2D eigenvalue weighted by molar-refractivity contribution is 0.0942. The van der Waals surface area contributed by atoms with Crippen molar-refractivity contribution >= 4 is 34.2 Å². The van der Waals surface area contributed by atoms with Crippen LogP contribution in [0.4, 0.5) is 11.5 Å². The van der Waals surface area contributed by atoms with Gasteiger partial charge in [0.15, 0.2) is 0 Å². The van der Waals surface area contributed by atoms with Crippen LogP contribution in [-0.2, 0) is 0 Å². The second kappa shape index (κ2) is 8.76. The van der Waals surface area contributed by atoms with E-state index in [4.69, 9.17) is 4.98 Å². The average Bonchev–Trinajstić information content (AvgIpc) is 3.28. The summed E-state index contributed by atoms with van der Waals surface area (Å²) in [6.45, 7) is 7.56. The van der Waals surface area contributed by atoms with Crippen LogP contribution in [0.1, 0.15) is 53.0 Å². The Kier molecular flexibility index (Phi) is 5.89. The van der Waals surface area contributed by atoms with E-state index in [0.717, 1.165) is 48.2 Å². The molecule has 0 bridgehead atoms. The number of nitrogens with zero attached hydrogens (tertiary/aromatic N) is 2. The highest BCUT2D eigenvalue weighted by atomic mass is 16.2. The van der Waals surface area contributed by atoms with Crippen LogP contribution in [0.5, 0.6) is 0 Å². The Balaban J connectivity index is 1.64. The van der Waals surface area contributed by atoms with Gasteiger partial charge in [-0.05, 0) is 69.5 Å². The SMILES string of the molecule is Cc1cc(C(=O)NC(C)C)ccc1NC(=O)c1cc2ccccc2nc1N1CCCC1. The van der Waals surface area contributed by atoms with Crippen LogP contribution in [0, 0.1) is 6.92 Å². The maximum atomic E-state index is 13.3. The first-order valence-corrected chi connectivity index (χ1v) is 10.8. The number of carbonyl (C=O) groups excluding carboxylic acids is 2.